The van der Waals surface area contributed by atoms with Gasteiger partial charge in [0.25, 0.3) is 5.91 Å². The van der Waals surface area contributed by atoms with Gasteiger partial charge in [0, 0.05) is 18.0 Å². The van der Waals surface area contributed by atoms with Crippen LogP contribution in [0.25, 0.3) is 0 Å². The lowest BCUT2D eigenvalue weighted by Crippen LogP contribution is -2.57. The second-order valence-corrected chi connectivity index (χ2v) is 5.97. The second kappa shape index (κ2) is 4.59. The van der Waals surface area contributed by atoms with Crippen LogP contribution in [0.5, 0.6) is 0 Å². The Morgan fingerprint density at radius 2 is 2.21 bits per heavy atom. The molecule has 1 heterocycles. The Kier molecular flexibility index (Phi) is 3.05. The Balaban J connectivity index is 1.58. The standard InChI is InChI=1S/C13H21N5O/c1-18(2)13(6-3-7-13)8-14-12(19)11-15-10(16-17-11)9-4-5-9/h9H,3-8H2,1-2H3,(H,14,19)(H,15,16,17). The maximum Gasteiger partial charge on any atom is 0.291 e. The van der Waals surface area contributed by atoms with Crippen LogP contribution in [0.4, 0.5) is 0 Å². The molecule has 0 spiro atoms. The van der Waals surface area contributed by atoms with Gasteiger partial charge in [-0.1, -0.05) is 0 Å². The predicted molar refractivity (Wildman–Crippen MR) is 71.0 cm³/mol. The molecular weight excluding hydrogens is 242 g/mol. The van der Waals surface area contributed by atoms with Crippen LogP contribution < -0.4 is 5.32 Å². The molecule has 0 atom stereocenters. The highest BCUT2D eigenvalue weighted by Crippen LogP contribution is 2.38. The molecule has 19 heavy (non-hydrogen) atoms. The van der Waals surface area contributed by atoms with Crippen molar-refractivity contribution >= 4 is 5.91 Å². The first kappa shape index (κ1) is 12.6. The molecule has 2 N–H and O–H groups in total. The zero-order chi connectivity index (χ0) is 13.5. The molecule has 2 aliphatic rings. The van der Waals surface area contributed by atoms with E-state index in [0.29, 0.717) is 12.5 Å². The lowest BCUT2D eigenvalue weighted by atomic mass is 9.75. The van der Waals surface area contributed by atoms with Gasteiger partial charge in [-0.15, -0.1) is 5.10 Å². The van der Waals surface area contributed by atoms with Crippen LogP contribution in [-0.2, 0) is 0 Å². The van der Waals surface area contributed by atoms with Crippen molar-refractivity contribution in [1.82, 2.24) is 25.4 Å². The van der Waals surface area contributed by atoms with Gasteiger partial charge in [-0.25, -0.2) is 4.98 Å². The number of rotatable bonds is 5. The summed E-state index contributed by atoms with van der Waals surface area (Å²) in [7, 11) is 4.15. The Labute approximate surface area is 113 Å². The van der Waals surface area contributed by atoms with Crippen LogP contribution in [0.2, 0.25) is 0 Å². The van der Waals surface area contributed by atoms with Gasteiger partial charge in [0.05, 0.1) is 0 Å². The normalized spacial score (nSPS) is 21.2. The first-order chi connectivity index (χ1) is 9.11. The number of likely N-dealkylation sites (N-methyl/N-ethyl adjacent to an activating group) is 1. The number of carbonyl (C=O) groups is 1. The summed E-state index contributed by atoms with van der Waals surface area (Å²) in [5, 5.41) is 9.84. The summed E-state index contributed by atoms with van der Waals surface area (Å²) in [6, 6.07) is 0. The largest absolute Gasteiger partial charge is 0.347 e. The molecule has 0 unspecified atom stereocenters. The number of hydrogen-bond acceptors (Lipinski definition) is 4. The summed E-state index contributed by atoms with van der Waals surface area (Å²) < 4.78 is 0. The lowest BCUT2D eigenvalue weighted by Gasteiger charge is -2.47. The summed E-state index contributed by atoms with van der Waals surface area (Å²) in [5.74, 6) is 1.45. The van der Waals surface area contributed by atoms with Crippen LogP contribution in [0, 0.1) is 0 Å². The molecule has 6 heteroatoms. The van der Waals surface area contributed by atoms with Gasteiger partial charge in [0.2, 0.25) is 5.82 Å². The van der Waals surface area contributed by atoms with Crippen molar-refractivity contribution in [2.45, 2.75) is 43.6 Å². The Bertz CT molecular complexity index is 473. The van der Waals surface area contributed by atoms with Gasteiger partial charge in [-0.3, -0.25) is 9.89 Å². The minimum Gasteiger partial charge on any atom is -0.347 e. The van der Waals surface area contributed by atoms with E-state index in [2.05, 4.69) is 39.5 Å². The monoisotopic (exact) mass is 263 g/mol. The van der Waals surface area contributed by atoms with E-state index in [9.17, 15) is 4.79 Å². The zero-order valence-corrected chi connectivity index (χ0v) is 11.6. The number of aromatic nitrogens is 3. The summed E-state index contributed by atoms with van der Waals surface area (Å²) >= 11 is 0. The van der Waals surface area contributed by atoms with Crippen molar-refractivity contribution in [3.63, 3.8) is 0 Å². The number of carbonyl (C=O) groups excluding carboxylic acids is 1. The van der Waals surface area contributed by atoms with E-state index < -0.39 is 0 Å². The average molecular weight is 263 g/mol. The lowest BCUT2D eigenvalue weighted by molar-refractivity contribution is 0.0554. The van der Waals surface area contributed by atoms with Crippen LogP contribution in [0.1, 0.15) is 54.5 Å². The number of amides is 1. The van der Waals surface area contributed by atoms with Crippen molar-refractivity contribution in [3.05, 3.63) is 11.6 Å². The molecule has 1 amide bonds. The third kappa shape index (κ3) is 2.36. The van der Waals surface area contributed by atoms with Crippen molar-refractivity contribution in [2.75, 3.05) is 20.6 Å². The number of hydrogen-bond donors (Lipinski definition) is 2. The van der Waals surface area contributed by atoms with Gasteiger partial charge in [0.1, 0.15) is 5.82 Å². The summed E-state index contributed by atoms with van der Waals surface area (Å²) in [5.41, 5.74) is 0.130. The number of nitrogens with zero attached hydrogens (tertiary/aromatic N) is 3. The first-order valence-electron chi connectivity index (χ1n) is 6.99. The summed E-state index contributed by atoms with van der Waals surface area (Å²) in [4.78, 5) is 18.5. The maximum absolute atomic E-state index is 12.0. The molecule has 0 aliphatic heterocycles. The number of nitrogens with one attached hydrogen (secondary N) is 2. The van der Waals surface area contributed by atoms with E-state index in [0.717, 1.165) is 31.5 Å². The fraction of sp³-hybridized carbons (Fsp3) is 0.769. The van der Waals surface area contributed by atoms with E-state index in [-0.39, 0.29) is 17.3 Å². The molecule has 2 fully saturated rings. The van der Waals surface area contributed by atoms with Crippen LogP contribution in [0.3, 0.4) is 0 Å². The molecule has 0 bridgehead atoms. The minimum atomic E-state index is -0.170. The van der Waals surface area contributed by atoms with Crippen molar-refractivity contribution in [3.8, 4) is 0 Å². The van der Waals surface area contributed by atoms with Gasteiger partial charge < -0.3 is 10.2 Å². The predicted octanol–water partition coefficient (Wildman–Crippen LogP) is 0.896. The van der Waals surface area contributed by atoms with Crippen molar-refractivity contribution in [2.24, 2.45) is 0 Å². The highest BCUT2D eigenvalue weighted by molar-refractivity contribution is 5.90. The molecule has 0 saturated heterocycles. The van der Waals surface area contributed by atoms with E-state index in [4.69, 9.17) is 0 Å². The Morgan fingerprint density at radius 3 is 2.74 bits per heavy atom. The van der Waals surface area contributed by atoms with Gasteiger partial charge >= 0.3 is 0 Å². The van der Waals surface area contributed by atoms with E-state index in [1.54, 1.807) is 0 Å². The molecule has 3 rings (SSSR count). The fourth-order valence-corrected chi connectivity index (χ4v) is 2.61. The summed E-state index contributed by atoms with van der Waals surface area (Å²) in [6.45, 7) is 0.673. The van der Waals surface area contributed by atoms with E-state index >= 15 is 0 Å². The smallest absolute Gasteiger partial charge is 0.291 e. The van der Waals surface area contributed by atoms with Crippen LogP contribution in [-0.4, -0.2) is 52.2 Å². The van der Waals surface area contributed by atoms with Gasteiger partial charge in [-0.05, 0) is 46.2 Å². The Morgan fingerprint density at radius 1 is 1.47 bits per heavy atom. The molecule has 104 valence electrons. The van der Waals surface area contributed by atoms with Crippen molar-refractivity contribution in [1.29, 1.82) is 0 Å². The molecule has 1 aromatic heterocycles. The second-order valence-electron chi connectivity index (χ2n) is 5.97. The topological polar surface area (TPSA) is 73.9 Å². The third-order valence-corrected chi connectivity index (χ3v) is 4.48. The molecule has 2 aliphatic carbocycles. The highest BCUT2D eigenvalue weighted by atomic mass is 16.2. The molecule has 2 saturated carbocycles. The SMILES string of the molecule is CN(C)C1(CNC(=O)c2n[nH]c(C3CC3)n2)CCC1. The number of aromatic amines is 1. The van der Waals surface area contributed by atoms with E-state index in [1.807, 2.05) is 0 Å². The summed E-state index contributed by atoms with van der Waals surface area (Å²) in [6.07, 6.45) is 5.82. The maximum atomic E-state index is 12.0. The highest BCUT2D eigenvalue weighted by Gasteiger charge is 2.39. The molecule has 0 aromatic carbocycles. The van der Waals surface area contributed by atoms with Gasteiger partial charge in [0.15, 0.2) is 0 Å². The van der Waals surface area contributed by atoms with Crippen LogP contribution in [0.15, 0.2) is 0 Å². The van der Waals surface area contributed by atoms with E-state index in [1.165, 1.54) is 6.42 Å². The zero-order valence-electron chi connectivity index (χ0n) is 11.6. The molecule has 6 nitrogen and oxygen atoms in total. The van der Waals surface area contributed by atoms with Crippen LogP contribution >= 0.6 is 0 Å². The van der Waals surface area contributed by atoms with Crippen molar-refractivity contribution < 1.29 is 4.79 Å². The quantitative estimate of drug-likeness (QED) is 0.827. The van der Waals surface area contributed by atoms with Gasteiger partial charge in [-0.2, -0.15) is 0 Å². The minimum absolute atomic E-state index is 0.130. The molecular formula is C13H21N5O. The Hall–Kier alpha value is -1.43. The molecule has 0 radical (unpaired) electrons. The average Bonchev–Trinajstić information content (AvgIpc) is 3.05. The fourth-order valence-electron chi connectivity index (χ4n) is 2.61. The molecule has 1 aromatic rings. The number of H-pyrrole nitrogens is 1. The first-order valence-corrected chi connectivity index (χ1v) is 6.99. The third-order valence-electron chi connectivity index (χ3n) is 4.48.